The molecule has 0 aliphatic carbocycles. The fourth-order valence-corrected chi connectivity index (χ4v) is 4.38. The molecule has 0 fully saturated rings. The Morgan fingerprint density at radius 2 is 1.88 bits per heavy atom. The molecule has 0 aliphatic heterocycles. The normalized spacial score (nSPS) is 12.8. The van der Waals surface area contributed by atoms with Crippen LogP contribution in [0.25, 0.3) is 10.2 Å². The van der Waals surface area contributed by atoms with E-state index in [-0.39, 0.29) is 10.5 Å². The van der Waals surface area contributed by atoms with Crippen LogP contribution in [0, 0.1) is 0 Å². The number of nitrogens with one attached hydrogen (secondary N) is 1. The van der Waals surface area contributed by atoms with Crippen LogP contribution in [-0.2, 0) is 14.8 Å². The molecule has 136 valence electrons. The van der Waals surface area contributed by atoms with E-state index in [2.05, 4.69) is 9.71 Å². The number of hydrogen-bond acceptors (Lipinski definition) is 6. The summed E-state index contributed by atoms with van der Waals surface area (Å²) in [5, 5.41) is 0.714. The average Bonchev–Trinajstić information content (AvgIpc) is 3.06. The highest BCUT2D eigenvalue weighted by molar-refractivity contribution is 7.89. The lowest BCUT2D eigenvalue weighted by Crippen LogP contribution is -2.23. The summed E-state index contributed by atoms with van der Waals surface area (Å²) in [6, 6.07) is 13.4. The van der Waals surface area contributed by atoms with E-state index < -0.39 is 22.1 Å². The van der Waals surface area contributed by atoms with Crippen molar-refractivity contribution in [2.45, 2.75) is 24.8 Å². The fraction of sp³-hybridized carbons (Fsp3) is 0.222. The number of fused-ring (bicyclic) bond motifs is 1. The molecule has 0 radical (unpaired) electrons. The number of carbonyl (C=O) groups excluding carboxylic acids is 1. The van der Waals surface area contributed by atoms with Gasteiger partial charge in [-0.2, -0.15) is 0 Å². The van der Waals surface area contributed by atoms with Crippen LogP contribution in [0.5, 0.6) is 0 Å². The zero-order chi connectivity index (χ0) is 18.7. The highest BCUT2D eigenvalue weighted by Gasteiger charge is 2.18. The second-order valence-electron chi connectivity index (χ2n) is 5.59. The number of ether oxygens (including phenoxy) is 1. The van der Waals surface area contributed by atoms with E-state index in [1.807, 2.05) is 24.3 Å². The third-order valence-corrected chi connectivity index (χ3v) is 6.44. The van der Waals surface area contributed by atoms with Crippen LogP contribution >= 0.6 is 11.3 Å². The van der Waals surface area contributed by atoms with Crippen molar-refractivity contribution in [2.75, 3.05) is 6.54 Å². The van der Waals surface area contributed by atoms with E-state index >= 15 is 0 Å². The summed E-state index contributed by atoms with van der Waals surface area (Å²) in [4.78, 5) is 16.9. The molecule has 8 heteroatoms. The van der Waals surface area contributed by atoms with Gasteiger partial charge in [-0.25, -0.2) is 22.9 Å². The molecule has 0 saturated carbocycles. The van der Waals surface area contributed by atoms with E-state index in [0.717, 1.165) is 10.2 Å². The molecule has 1 heterocycles. The SMILES string of the molecule is CCNS(=O)(=O)c1ccc(C(=O)OC(C)c2nc3ccccc3s2)cc1. The molecule has 1 aromatic heterocycles. The van der Waals surface area contributed by atoms with Gasteiger partial charge in [0, 0.05) is 6.54 Å². The molecule has 1 unspecified atom stereocenters. The molecule has 0 spiro atoms. The number of esters is 1. The van der Waals surface area contributed by atoms with Crippen LogP contribution in [0.2, 0.25) is 0 Å². The Morgan fingerprint density at radius 3 is 2.54 bits per heavy atom. The maximum Gasteiger partial charge on any atom is 0.338 e. The van der Waals surface area contributed by atoms with Gasteiger partial charge in [0.05, 0.1) is 20.7 Å². The topological polar surface area (TPSA) is 85.4 Å². The van der Waals surface area contributed by atoms with Gasteiger partial charge in [-0.3, -0.25) is 0 Å². The van der Waals surface area contributed by atoms with Gasteiger partial charge in [0.1, 0.15) is 5.01 Å². The van der Waals surface area contributed by atoms with E-state index in [1.165, 1.54) is 35.6 Å². The van der Waals surface area contributed by atoms with Gasteiger partial charge >= 0.3 is 5.97 Å². The molecular weight excluding hydrogens is 372 g/mol. The third-order valence-electron chi connectivity index (χ3n) is 3.68. The number of nitrogens with zero attached hydrogens (tertiary/aromatic N) is 1. The summed E-state index contributed by atoms with van der Waals surface area (Å²) >= 11 is 1.48. The van der Waals surface area contributed by atoms with Crippen LogP contribution in [0.4, 0.5) is 0 Å². The standard InChI is InChI=1S/C18H18N2O4S2/c1-3-19-26(22,23)14-10-8-13(9-11-14)18(21)24-12(2)17-20-15-6-4-5-7-16(15)25-17/h4-12,19H,3H2,1-2H3. The maximum absolute atomic E-state index is 12.3. The Labute approximate surface area is 155 Å². The quantitative estimate of drug-likeness (QED) is 0.651. The third kappa shape index (κ3) is 3.92. The van der Waals surface area contributed by atoms with Crippen LogP contribution in [0.15, 0.2) is 53.4 Å². The van der Waals surface area contributed by atoms with Crippen LogP contribution in [0.3, 0.4) is 0 Å². The molecule has 3 aromatic rings. The highest BCUT2D eigenvalue weighted by atomic mass is 32.2. The first kappa shape index (κ1) is 18.5. The minimum absolute atomic E-state index is 0.107. The second-order valence-corrected chi connectivity index (χ2v) is 8.42. The average molecular weight is 390 g/mol. The summed E-state index contributed by atoms with van der Waals surface area (Å²) in [6.45, 7) is 3.76. The maximum atomic E-state index is 12.3. The van der Waals surface area contributed by atoms with Gasteiger partial charge in [-0.15, -0.1) is 11.3 Å². The van der Waals surface area contributed by atoms with Crippen LogP contribution < -0.4 is 4.72 Å². The fourth-order valence-electron chi connectivity index (χ4n) is 2.39. The molecule has 2 aromatic carbocycles. The highest BCUT2D eigenvalue weighted by Crippen LogP contribution is 2.28. The molecule has 0 aliphatic rings. The van der Waals surface area contributed by atoms with Crippen molar-refractivity contribution in [2.24, 2.45) is 0 Å². The number of aromatic nitrogens is 1. The van der Waals surface area contributed by atoms with Crippen molar-refractivity contribution in [3.05, 3.63) is 59.1 Å². The van der Waals surface area contributed by atoms with E-state index in [0.29, 0.717) is 11.6 Å². The minimum atomic E-state index is -3.54. The summed E-state index contributed by atoms with van der Waals surface area (Å²) in [5.41, 5.74) is 1.15. The van der Waals surface area contributed by atoms with Crippen molar-refractivity contribution >= 4 is 37.5 Å². The molecule has 0 bridgehead atoms. The summed E-state index contributed by atoms with van der Waals surface area (Å²) in [7, 11) is -3.54. The molecular formula is C18H18N2O4S2. The Hall–Kier alpha value is -2.29. The number of carbonyl (C=O) groups is 1. The smallest absolute Gasteiger partial charge is 0.338 e. The first-order valence-electron chi connectivity index (χ1n) is 8.07. The number of benzene rings is 2. The molecule has 0 amide bonds. The number of thiazole rings is 1. The van der Waals surface area contributed by atoms with E-state index in [4.69, 9.17) is 4.74 Å². The Kier molecular flexibility index (Phi) is 5.36. The number of sulfonamides is 1. The van der Waals surface area contributed by atoms with Gasteiger partial charge < -0.3 is 4.74 Å². The minimum Gasteiger partial charge on any atom is -0.452 e. The monoisotopic (exact) mass is 390 g/mol. The van der Waals surface area contributed by atoms with Crippen LogP contribution in [-0.4, -0.2) is 25.9 Å². The summed E-state index contributed by atoms with van der Waals surface area (Å²) < 4.78 is 32.8. The Morgan fingerprint density at radius 1 is 1.19 bits per heavy atom. The van der Waals surface area contributed by atoms with Gasteiger partial charge in [0.25, 0.3) is 0 Å². The first-order valence-corrected chi connectivity index (χ1v) is 10.4. The lowest BCUT2D eigenvalue weighted by molar-refractivity contribution is 0.0337. The summed E-state index contributed by atoms with van der Waals surface area (Å²) in [6.07, 6.45) is -0.495. The van der Waals surface area contributed by atoms with Crippen molar-refractivity contribution in [1.82, 2.24) is 9.71 Å². The van der Waals surface area contributed by atoms with Crippen molar-refractivity contribution < 1.29 is 17.9 Å². The van der Waals surface area contributed by atoms with Gasteiger partial charge in [-0.1, -0.05) is 19.1 Å². The molecule has 1 atom stereocenters. The number of hydrogen-bond donors (Lipinski definition) is 1. The second kappa shape index (κ2) is 7.53. The van der Waals surface area contributed by atoms with Crippen LogP contribution in [0.1, 0.15) is 35.3 Å². The Balaban J connectivity index is 1.73. The zero-order valence-electron chi connectivity index (χ0n) is 14.3. The Bertz CT molecular complexity index is 994. The van der Waals surface area contributed by atoms with E-state index in [9.17, 15) is 13.2 Å². The van der Waals surface area contributed by atoms with Gasteiger partial charge in [-0.05, 0) is 43.3 Å². The molecule has 1 N–H and O–H groups in total. The van der Waals surface area contributed by atoms with Crippen molar-refractivity contribution in [3.63, 3.8) is 0 Å². The molecule has 6 nitrogen and oxygen atoms in total. The summed E-state index contributed by atoms with van der Waals surface area (Å²) in [5.74, 6) is -0.524. The molecule has 3 rings (SSSR count). The number of para-hydroxylation sites is 1. The molecule has 0 saturated heterocycles. The molecule has 26 heavy (non-hydrogen) atoms. The van der Waals surface area contributed by atoms with Crippen molar-refractivity contribution in [3.8, 4) is 0 Å². The largest absolute Gasteiger partial charge is 0.452 e. The van der Waals surface area contributed by atoms with Crippen molar-refractivity contribution in [1.29, 1.82) is 0 Å². The predicted octanol–water partition coefficient (Wildman–Crippen LogP) is 3.51. The predicted molar refractivity (Wildman–Crippen MR) is 101 cm³/mol. The lowest BCUT2D eigenvalue weighted by Gasteiger charge is -2.11. The first-order chi connectivity index (χ1) is 12.4. The number of rotatable bonds is 6. The van der Waals surface area contributed by atoms with Gasteiger partial charge in [0.15, 0.2) is 6.10 Å². The zero-order valence-corrected chi connectivity index (χ0v) is 15.9. The lowest BCUT2D eigenvalue weighted by atomic mass is 10.2. The van der Waals surface area contributed by atoms with E-state index in [1.54, 1.807) is 13.8 Å². The van der Waals surface area contributed by atoms with Gasteiger partial charge in [0.2, 0.25) is 10.0 Å².